The van der Waals surface area contributed by atoms with Gasteiger partial charge in [0.05, 0.1) is 5.56 Å². The fourth-order valence-corrected chi connectivity index (χ4v) is 1.17. The largest absolute Gasteiger partial charge is 0.506 e. The Morgan fingerprint density at radius 3 is 2.73 bits per heavy atom. The van der Waals surface area contributed by atoms with Crippen LogP contribution in [0.4, 0.5) is 0 Å². The van der Waals surface area contributed by atoms with Crippen molar-refractivity contribution >= 4 is 12.6 Å². The van der Waals surface area contributed by atoms with Crippen LogP contribution in [0, 0.1) is 18.3 Å². The Hall–Kier alpha value is -1.14. The first kappa shape index (κ1) is 7.96. The smallest absolute Gasteiger partial charge is 0.136 e. The van der Waals surface area contributed by atoms with E-state index in [-0.39, 0.29) is 11.3 Å². The molecule has 0 fully saturated rings. The normalized spacial score (nSPS) is 9.18. The zero-order chi connectivity index (χ0) is 8.43. The van der Waals surface area contributed by atoms with Gasteiger partial charge in [0.15, 0.2) is 0 Å². The quantitative estimate of drug-likeness (QED) is 0.576. The Kier molecular flexibility index (Phi) is 2.06. The topological polar surface area (TPSA) is 44.0 Å². The lowest BCUT2D eigenvalue weighted by molar-refractivity contribution is 0.469. The summed E-state index contributed by atoms with van der Waals surface area (Å²) in [4.78, 5) is 0.692. The summed E-state index contributed by atoms with van der Waals surface area (Å²) < 4.78 is 0. The molecule has 0 aliphatic rings. The van der Waals surface area contributed by atoms with Gasteiger partial charge in [-0.2, -0.15) is 5.26 Å². The molecule has 3 heteroatoms. The molecule has 0 atom stereocenters. The molecule has 0 saturated heterocycles. The highest BCUT2D eigenvalue weighted by Crippen LogP contribution is 2.24. The molecule has 0 heterocycles. The molecule has 56 valence electrons. The number of phenols is 1. The van der Waals surface area contributed by atoms with E-state index in [0.29, 0.717) is 10.5 Å². The van der Waals surface area contributed by atoms with Gasteiger partial charge in [-0.15, -0.1) is 12.6 Å². The maximum absolute atomic E-state index is 9.27. The minimum atomic E-state index is 0.0466. The number of phenolic OH excluding ortho intramolecular Hbond substituents is 1. The van der Waals surface area contributed by atoms with E-state index in [1.165, 1.54) is 6.07 Å². The first-order chi connectivity index (χ1) is 5.15. The van der Waals surface area contributed by atoms with E-state index in [9.17, 15) is 5.11 Å². The Balaban J connectivity index is 3.39. The van der Waals surface area contributed by atoms with Gasteiger partial charge >= 0.3 is 0 Å². The summed E-state index contributed by atoms with van der Waals surface area (Å²) in [5.74, 6) is 0.0466. The summed E-state index contributed by atoms with van der Waals surface area (Å²) in [5.41, 5.74) is 0.948. The molecule has 1 N–H and O–H groups in total. The molecule has 0 radical (unpaired) electrons. The highest BCUT2D eigenvalue weighted by Gasteiger charge is 2.03. The first-order valence-corrected chi connectivity index (χ1v) is 3.52. The molecule has 0 saturated carbocycles. The lowest BCUT2D eigenvalue weighted by atomic mass is 10.1. The number of thiol groups is 1. The molecule has 1 aromatic rings. The summed E-state index contributed by atoms with van der Waals surface area (Å²) in [6.07, 6.45) is 0. The number of hydrogen-bond donors (Lipinski definition) is 2. The summed E-state index contributed by atoms with van der Waals surface area (Å²) >= 11 is 4.06. The van der Waals surface area contributed by atoms with Gasteiger partial charge < -0.3 is 5.11 Å². The van der Waals surface area contributed by atoms with E-state index in [4.69, 9.17) is 5.26 Å². The fraction of sp³-hybridized carbons (Fsp3) is 0.125. The van der Waals surface area contributed by atoms with E-state index >= 15 is 0 Å². The fourth-order valence-electron chi connectivity index (χ4n) is 0.846. The molecular weight excluding hydrogens is 158 g/mol. The number of aromatic hydroxyl groups is 1. The van der Waals surface area contributed by atoms with Gasteiger partial charge in [-0.3, -0.25) is 0 Å². The van der Waals surface area contributed by atoms with Crippen molar-refractivity contribution in [2.75, 3.05) is 0 Å². The second-order valence-electron chi connectivity index (χ2n) is 2.27. The minimum absolute atomic E-state index is 0.0466. The highest BCUT2D eigenvalue weighted by atomic mass is 32.1. The summed E-state index contributed by atoms with van der Waals surface area (Å²) in [6.45, 7) is 1.73. The number of benzene rings is 1. The summed E-state index contributed by atoms with van der Waals surface area (Å²) in [5, 5.41) is 17.8. The van der Waals surface area contributed by atoms with Crippen LogP contribution >= 0.6 is 12.6 Å². The van der Waals surface area contributed by atoms with Crippen molar-refractivity contribution in [3.05, 3.63) is 23.3 Å². The molecule has 0 aromatic heterocycles. The second-order valence-corrected chi connectivity index (χ2v) is 2.79. The van der Waals surface area contributed by atoms with E-state index in [1.807, 2.05) is 6.07 Å². The Morgan fingerprint density at radius 2 is 2.18 bits per heavy atom. The van der Waals surface area contributed by atoms with Gasteiger partial charge in [0.1, 0.15) is 11.8 Å². The predicted molar refractivity (Wildman–Crippen MR) is 44.8 cm³/mol. The molecule has 0 amide bonds. The van der Waals surface area contributed by atoms with Crippen LogP contribution in [0.5, 0.6) is 5.75 Å². The lowest BCUT2D eigenvalue weighted by Gasteiger charge is -2.00. The molecule has 0 spiro atoms. The number of hydrogen-bond acceptors (Lipinski definition) is 3. The zero-order valence-corrected chi connectivity index (χ0v) is 6.89. The summed E-state index contributed by atoms with van der Waals surface area (Å²) in [7, 11) is 0. The van der Waals surface area contributed by atoms with Crippen molar-refractivity contribution in [1.29, 1.82) is 5.26 Å². The van der Waals surface area contributed by atoms with Crippen LogP contribution in [0.1, 0.15) is 11.1 Å². The number of nitriles is 1. The third-order valence-electron chi connectivity index (χ3n) is 1.41. The van der Waals surface area contributed by atoms with Crippen LogP contribution in [-0.4, -0.2) is 5.11 Å². The monoisotopic (exact) mass is 165 g/mol. The van der Waals surface area contributed by atoms with E-state index in [1.54, 1.807) is 13.0 Å². The second kappa shape index (κ2) is 2.85. The van der Waals surface area contributed by atoms with Crippen molar-refractivity contribution in [2.45, 2.75) is 11.8 Å². The van der Waals surface area contributed by atoms with Crippen LogP contribution in [0.2, 0.25) is 0 Å². The van der Waals surface area contributed by atoms with Crippen LogP contribution in [0.15, 0.2) is 17.0 Å². The van der Waals surface area contributed by atoms with Crippen LogP contribution in [0.25, 0.3) is 0 Å². The van der Waals surface area contributed by atoms with Crippen LogP contribution < -0.4 is 0 Å². The average molecular weight is 165 g/mol. The van der Waals surface area contributed by atoms with Gasteiger partial charge in [-0.1, -0.05) is 0 Å². The van der Waals surface area contributed by atoms with Gasteiger partial charge in [0.25, 0.3) is 0 Å². The van der Waals surface area contributed by atoms with Crippen molar-refractivity contribution in [3.8, 4) is 11.8 Å². The van der Waals surface area contributed by atoms with Crippen molar-refractivity contribution in [2.24, 2.45) is 0 Å². The molecule has 11 heavy (non-hydrogen) atoms. The molecule has 1 aromatic carbocycles. The Labute approximate surface area is 70.5 Å². The van der Waals surface area contributed by atoms with Crippen LogP contribution in [-0.2, 0) is 0 Å². The predicted octanol–water partition coefficient (Wildman–Crippen LogP) is 1.86. The average Bonchev–Trinajstić information content (AvgIpc) is 1.96. The highest BCUT2D eigenvalue weighted by molar-refractivity contribution is 7.80. The Morgan fingerprint density at radius 1 is 1.55 bits per heavy atom. The Bertz CT molecular complexity index is 328. The van der Waals surface area contributed by atoms with E-state index in [0.717, 1.165) is 0 Å². The van der Waals surface area contributed by atoms with Gasteiger partial charge in [-0.05, 0) is 24.6 Å². The van der Waals surface area contributed by atoms with Crippen molar-refractivity contribution in [3.63, 3.8) is 0 Å². The number of nitrogens with zero attached hydrogens (tertiary/aromatic N) is 1. The SMILES string of the molecule is Cc1cc(S)cc(C#N)c1O. The lowest BCUT2D eigenvalue weighted by Crippen LogP contribution is -1.81. The molecule has 2 nitrogen and oxygen atoms in total. The molecule has 0 aliphatic carbocycles. The first-order valence-electron chi connectivity index (χ1n) is 3.08. The number of aryl methyl sites for hydroxylation is 1. The van der Waals surface area contributed by atoms with Gasteiger partial charge in [0, 0.05) is 4.90 Å². The minimum Gasteiger partial charge on any atom is -0.506 e. The molecule has 0 unspecified atom stereocenters. The maximum atomic E-state index is 9.27. The summed E-state index contributed by atoms with van der Waals surface area (Å²) in [6, 6.07) is 5.12. The molecule has 0 bridgehead atoms. The molecular formula is C8H7NOS. The van der Waals surface area contributed by atoms with E-state index < -0.39 is 0 Å². The van der Waals surface area contributed by atoms with Crippen molar-refractivity contribution in [1.82, 2.24) is 0 Å². The number of rotatable bonds is 0. The molecule has 0 aliphatic heterocycles. The van der Waals surface area contributed by atoms with Gasteiger partial charge in [-0.25, -0.2) is 0 Å². The van der Waals surface area contributed by atoms with E-state index in [2.05, 4.69) is 12.6 Å². The van der Waals surface area contributed by atoms with Gasteiger partial charge in [0.2, 0.25) is 0 Å². The third kappa shape index (κ3) is 1.47. The van der Waals surface area contributed by atoms with Crippen LogP contribution in [0.3, 0.4) is 0 Å². The standard InChI is InChI=1S/C8H7NOS/c1-5-2-7(11)3-6(4-9)8(5)10/h2-3,10-11H,1H3. The third-order valence-corrected chi connectivity index (χ3v) is 1.66. The zero-order valence-electron chi connectivity index (χ0n) is 6.00. The maximum Gasteiger partial charge on any atom is 0.136 e. The van der Waals surface area contributed by atoms with Crippen molar-refractivity contribution < 1.29 is 5.11 Å². The molecule has 1 rings (SSSR count).